The number of phenols is 1. The fraction of sp³-hybridized carbons (Fsp3) is 0.128. The number of nitrogens with zero attached hydrogens (tertiary/aromatic N) is 1. The van der Waals surface area contributed by atoms with Crippen molar-refractivity contribution in [3.05, 3.63) is 179 Å². The summed E-state index contributed by atoms with van der Waals surface area (Å²) in [5.74, 6) is 0.788. The number of rotatable bonds is 7. The molecule has 0 saturated carbocycles. The number of ether oxygens (including phenoxy) is 1. The van der Waals surface area contributed by atoms with Crippen LogP contribution in [0, 0.1) is 19.7 Å². The molecule has 6 aromatic carbocycles. The average Bonchev–Trinajstić information content (AvgIpc) is 3.58. The second-order valence-corrected chi connectivity index (χ2v) is 14.4. The van der Waals surface area contributed by atoms with Gasteiger partial charge in [0.25, 0.3) is 0 Å². The van der Waals surface area contributed by atoms with Gasteiger partial charge in [-0.05, 0) is 38.2 Å². The van der Waals surface area contributed by atoms with Crippen molar-refractivity contribution in [1.29, 1.82) is 0 Å². The standard InChI is InChI=1S/C30H21BrO.C11H13FO.C6H8N.Mo/c31-29-25(21-13-5-1-6-14-21)27(23-17-9-3-10-18-23)30(32)28(24-19-11-4-12-20-24)26(29)22-15-7-2-8-16-22;1-11(2,3)9-7-8(12)5-6-10(9)13-4;1-5-3-4-6(2)7-5;/h1-20,32H;1,5-7H,2-4H3;3-4H,1-2H3;/q;;-1;. The van der Waals surface area contributed by atoms with Crippen LogP contribution in [0.25, 0.3) is 44.5 Å². The number of aromatic nitrogens is 1. The third kappa shape index (κ3) is 9.59. The molecule has 0 bridgehead atoms. The van der Waals surface area contributed by atoms with Gasteiger partial charge < -0.3 is 10.1 Å². The van der Waals surface area contributed by atoms with Crippen LogP contribution in [0.2, 0.25) is 0 Å². The van der Waals surface area contributed by atoms with Crippen molar-refractivity contribution in [2.45, 2.75) is 33.1 Å². The quantitative estimate of drug-likeness (QED) is 0.163. The molecule has 0 aliphatic rings. The molecule has 0 radical (unpaired) electrons. The average molecular weight is 848 g/mol. The molecule has 53 heavy (non-hydrogen) atoms. The van der Waals surface area contributed by atoms with Crippen LogP contribution in [0.15, 0.2) is 156 Å². The van der Waals surface area contributed by atoms with E-state index >= 15 is 0 Å². The normalized spacial score (nSPS) is 10.7. The van der Waals surface area contributed by atoms with E-state index in [0.29, 0.717) is 0 Å². The minimum absolute atomic E-state index is 0.169. The first-order chi connectivity index (χ1) is 25.6. The van der Waals surface area contributed by atoms with Gasteiger partial charge in [-0.25, -0.2) is 0 Å². The van der Waals surface area contributed by atoms with E-state index in [1.807, 2.05) is 161 Å². The van der Waals surface area contributed by atoms with E-state index in [1.165, 1.54) is 12.1 Å². The van der Waals surface area contributed by atoms with Gasteiger partial charge in [0.05, 0.1) is 0 Å². The third-order valence-electron chi connectivity index (χ3n) is 8.73. The molecule has 1 aromatic heterocycles. The van der Waals surface area contributed by atoms with Crippen molar-refractivity contribution >= 4 is 20.3 Å². The van der Waals surface area contributed by atoms with Crippen molar-refractivity contribution in [2.75, 3.05) is 7.11 Å². The van der Waals surface area contributed by atoms with E-state index in [2.05, 4.69) is 45.2 Å². The monoisotopic (exact) mass is 848 g/mol. The summed E-state index contributed by atoms with van der Waals surface area (Å²) in [5, 5.41) is 11.9. The maximum atomic E-state index is 13.1. The van der Waals surface area contributed by atoms with Gasteiger partial charge in [0.15, 0.2) is 0 Å². The van der Waals surface area contributed by atoms with Crippen LogP contribution >= 0.6 is 15.9 Å². The maximum absolute atomic E-state index is 13.1. The van der Waals surface area contributed by atoms with Crippen LogP contribution in [0.4, 0.5) is 4.39 Å². The number of benzene rings is 6. The van der Waals surface area contributed by atoms with Crippen LogP contribution in [-0.4, -0.2) is 16.6 Å². The molecule has 0 fully saturated rings. The first kappa shape index (κ1) is 39.4. The minimum atomic E-state index is -0.225. The molecule has 268 valence electrons. The molecule has 0 spiro atoms. The molecule has 0 aliphatic heterocycles. The SMILES string of the molecule is COc1ccc(F)cc1C(C)(C)[CH]=[Mo].Cc1ccc(C)[n-]1.Oc1c(-c2ccccc2)c(-c2ccccc2)c(Br)c(-c2ccccc2)c1-c1ccccc1. The molecule has 0 aliphatic carbocycles. The summed E-state index contributed by atoms with van der Waals surface area (Å²) in [6.45, 7) is 8.06. The molecule has 3 nitrogen and oxygen atoms in total. The number of hydrogen-bond donors (Lipinski definition) is 1. The van der Waals surface area contributed by atoms with E-state index in [9.17, 15) is 9.50 Å². The van der Waals surface area contributed by atoms with Crippen molar-refractivity contribution in [3.63, 3.8) is 0 Å². The summed E-state index contributed by atoms with van der Waals surface area (Å²) in [5.41, 5.74) is 10.6. The Balaban J connectivity index is 0.000000211. The summed E-state index contributed by atoms with van der Waals surface area (Å²) in [6, 6.07) is 49.3. The molecule has 1 heterocycles. The Morgan fingerprint density at radius 2 is 1.00 bits per heavy atom. The van der Waals surface area contributed by atoms with Crippen LogP contribution < -0.4 is 9.72 Å². The summed E-state index contributed by atoms with van der Waals surface area (Å²) >= 11 is 5.87. The summed E-state index contributed by atoms with van der Waals surface area (Å²) in [6.07, 6.45) is 0. The van der Waals surface area contributed by atoms with E-state index < -0.39 is 0 Å². The van der Waals surface area contributed by atoms with Gasteiger partial charge in [-0.1, -0.05) is 147 Å². The van der Waals surface area contributed by atoms with Gasteiger partial charge in [0.2, 0.25) is 0 Å². The van der Waals surface area contributed by atoms with Crippen LogP contribution in [-0.2, 0) is 24.8 Å². The maximum Gasteiger partial charge on any atom is 0.132 e. The van der Waals surface area contributed by atoms with E-state index in [1.54, 1.807) is 13.2 Å². The number of phenolic OH excluding ortho intramolecular Hbond substituents is 1. The Labute approximate surface area is 332 Å². The predicted molar refractivity (Wildman–Crippen MR) is 219 cm³/mol. The predicted octanol–water partition coefficient (Wildman–Crippen LogP) is 12.5. The Morgan fingerprint density at radius 3 is 1.32 bits per heavy atom. The minimum Gasteiger partial charge on any atom is -0.665 e. The van der Waals surface area contributed by atoms with Gasteiger partial charge in [0.1, 0.15) is 5.75 Å². The van der Waals surface area contributed by atoms with Crippen LogP contribution in [0.3, 0.4) is 0 Å². The molecule has 0 unspecified atom stereocenters. The smallest absolute Gasteiger partial charge is 0.132 e. The van der Waals surface area contributed by atoms with Crippen LogP contribution in [0.5, 0.6) is 11.5 Å². The molecule has 0 amide bonds. The molecule has 7 aromatic rings. The van der Waals surface area contributed by atoms with E-state index in [4.69, 9.17) is 4.74 Å². The number of aryl methyl sites for hydroxylation is 2. The molecule has 0 saturated heterocycles. The summed E-state index contributed by atoms with van der Waals surface area (Å²) in [4.78, 5) is 4.11. The first-order valence-electron chi connectivity index (χ1n) is 17.2. The Kier molecular flexibility index (Phi) is 13.6. The number of aromatic hydroxyl groups is 1. The Morgan fingerprint density at radius 1 is 0.623 bits per heavy atom. The van der Waals surface area contributed by atoms with Gasteiger partial charge in [0, 0.05) is 26.7 Å². The van der Waals surface area contributed by atoms with Crippen molar-refractivity contribution < 1.29 is 33.6 Å². The molecule has 7 rings (SSSR count). The first-order valence-corrected chi connectivity index (χ1v) is 19.2. The largest absolute Gasteiger partial charge is 0.665 e. The Hall–Kier alpha value is -4.83. The summed E-state index contributed by atoms with van der Waals surface area (Å²) in [7, 11) is 1.60. The number of hydrogen-bond acceptors (Lipinski definition) is 2. The second kappa shape index (κ2) is 18.3. The zero-order chi connectivity index (χ0) is 38.0. The number of methoxy groups -OCH3 is 1. The summed E-state index contributed by atoms with van der Waals surface area (Å²) < 4.78 is 21.3. The molecule has 1 N–H and O–H groups in total. The third-order valence-corrected chi connectivity index (χ3v) is 11.0. The van der Waals surface area contributed by atoms with Crippen molar-refractivity contribution in [3.8, 4) is 56.0 Å². The van der Waals surface area contributed by atoms with Gasteiger partial charge in [-0.2, -0.15) is 11.4 Å². The van der Waals surface area contributed by atoms with Crippen LogP contribution in [0.1, 0.15) is 30.8 Å². The van der Waals surface area contributed by atoms with E-state index in [-0.39, 0.29) is 17.0 Å². The van der Waals surface area contributed by atoms with Crippen molar-refractivity contribution in [1.82, 2.24) is 4.98 Å². The molecule has 0 atom stereocenters. The Bertz CT molecular complexity index is 2030. The number of halogens is 2. The fourth-order valence-corrected chi connectivity index (χ4v) is 7.24. The molecular weight excluding hydrogens is 805 g/mol. The van der Waals surface area contributed by atoms with E-state index in [0.717, 1.165) is 71.7 Å². The van der Waals surface area contributed by atoms with Gasteiger partial charge >= 0.3 is 94.6 Å². The van der Waals surface area contributed by atoms with Gasteiger partial charge in [-0.15, -0.1) is 0 Å². The molecular formula is C47H42BrFMoNO2-. The van der Waals surface area contributed by atoms with Crippen molar-refractivity contribution in [2.24, 2.45) is 0 Å². The second-order valence-electron chi connectivity index (χ2n) is 13.0. The fourth-order valence-electron chi connectivity index (χ4n) is 6.07. The molecule has 6 heteroatoms. The van der Waals surface area contributed by atoms with Gasteiger partial charge in [-0.3, -0.25) is 0 Å². The zero-order valence-electron chi connectivity index (χ0n) is 30.5. The zero-order valence-corrected chi connectivity index (χ0v) is 34.1. The topological polar surface area (TPSA) is 43.6 Å².